The smallest absolute Gasteiger partial charge is 1.00 e. The molecular formula is H13IrNaO6. The van der Waals surface area contributed by atoms with Crippen molar-refractivity contribution in [2.24, 2.45) is 0 Å². The third kappa shape index (κ3) is 153. The van der Waals surface area contributed by atoms with E-state index in [9.17, 15) is 0 Å². The van der Waals surface area contributed by atoms with Crippen LogP contribution in [-0.4, -0.2) is 32.9 Å². The summed E-state index contributed by atoms with van der Waals surface area (Å²) in [5.74, 6) is 0. The summed E-state index contributed by atoms with van der Waals surface area (Å²) in [5.41, 5.74) is 0. The molecule has 0 spiro atoms. The van der Waals surface area contributed by atoms with E-state index < -0.39 is 0 Å². The SMILES string of the molecule is O.O.O.O.O.O.[H-].[Ir].[Na+]. The molecule has 0 bridgehead atoms. The van der Waals surface area contributed by atoms with Crippen molar-refractivity contribution in [1.82, 2.24) is 0 Å². The van der Waals surface area contributed by atoms with E-state index in [0.717, 1.165) is 0 Å². The minimum atomic E-state index is 0. The van der Waals surface area contributed by atoms with Crippen LogP contribution >= 0.6 is 0 Å². The first-order valence-electron chi connectivity index (χ1n) is 0. The fourth-order valence-electron chi connectivity index (χ4n) is 0. The second kappa shape index (κ2) is 232. The Morgan fingerprint density at radius 2 is 0.500 bits per heavy atom. The summed E-state index contributed by atoms with van der Waals surface area (Å²) in [6, 6.07) is 0. The van der Waals surface area contributed by atoms with Crippen molar-refractivity contribution in [2.45, 2.75) is 0 Å². The van der Waals surface area contributed by atoms with E-state index in [1.54, 1.807) is 0 Å². The molecule has 6 nitrogen and oxygen atoms in total. The summed E-state index contributed by atoms with van der Waals surface area (Å²) >= 11 is 0. The van der Waals surface area contributed by atoms with Gasteiger partial charge in [0.25, 0.3) is 0 Å². The van der Waals surface area contributed by atoms with Gasteiger partial charge in [-0.1, -0.05) is 0 Å². The van der Waals surface area contributed by atoms with Crippen LogP contribution in [0.3, 0.4) is 0 Å². The van der Waals surface area contributed by atoms with Gasteiger partial charge in [-0.3, -0.25) is 0 Å². The van der Waals surface area contributed by atoms with Crippen molar-refractivity contribution in [3.63, 3.8) is 0 Å². The molecule has 1 radical (unpaired) electrons. The Labute approximate surface area is 83.6 Å². The van der Waals surface area contributed by atoms with Crippen molar-refractivity contribution in [3.05, 3.63) is 0 Å². The molecule has 12 N–H and O–H groups in total. The van der Waals surface area contributed by atoms with E-state index in [0.29, 0.717) is 0 Å². The van der Waals surface area contributed by atoms with Crippen molar-refractivity contribution in [2.75, 3.05) is 0 Å². The van der Waals surface area contributed by atoms with E-state index in [1.807, 2.05) is 0 Å². The Hall–Kier alpha value is 1.41. The third-order valence-corrected chi connectivity index (χ3v) is 0. The van der Waals surface area contributed by atoms with Gasteiger partial charge in [0.15, 0.2) is 0 Å². The molecule has 0 aliphatic carbocycles. The normalized spacial score (nSPS) is 0. The van der Waals surface area contributed by atoms with Crippen LogP contribution in [0.25, 0.3) is 0 Å². The molecule has 0 aromatic carbocycles. The summed E-state index contributed by atoms with van der Waals surface area (Å²) in [6.45, 7) is 0. The summed E-state index contributed by atoms with van der Waals surface area (Å²) < 4.78 is 0. The molecule has 8 heavy (non-hydrogen) atoms. The van der Waals surface area contributed by atoms with Crippen molar-refractivity contribution < 1.29 is 83.9 Å². The summed E-state index contributed by atoms with van der Waals surface area (Å²) in [6.07, 6.45) is 0. The monoisotopic (exact) mass is 325 g/mol. The van der Waals surface area contributed by atoms with E-state index in [-0.39, 0.29) is 83.9 Å². The largest absolute Gasteiger partial charge is 1.00 e. The molecule has 59 valence electrons. The Kier molecular flexibility index (Phi) is 9730. The van der Waals surface area contributed by atoms with Crippen LogP contribution in [0.2, 0.25) is 0 Å². The van der Waals surface area contributed by atoms with Crippen LogP contribution in [0.1, 0.15) is 1.43 Å². The number of hydrogen-bond acceptors (Lipinski definition) is 0. The maximum Gasteiger partial charge on any atom is 1.00 e. The van der Waals surface area contributed by atoms with Gasteiger partial charge in [0.1, 0.15) is 0 Å². The van der Waals surface area contributed by atoms with Gasteiger partial charge in [-0.25, -0.2) is 0 Å². The quantitative estimate of drug-likeness (QED) is 0.383. The zero-order valence-corrected chi connectivity index (χ0v) is 8.73. The topological polar surface area (TPSA) is 189 Å². The molecule has 0 aliphatic heterocycles. The van der Waals surface area contributed by atoms with Crippen molar-refractivity contribution in [3.8, 4) is 0 Å². The molecule has 0 fully saturated rings. The van der Waals surface area contributed by atoms with Crippen LogP contribution in [0.4, 0.5) is 0 Å². The van der Waals surface area contributed by atoms with Gasteiger partial charge in [-0.05, 0) is 0 Å². The fraction of sp³-hybridized carbons (Fsp3) is 0. The molecule has 0 unspecified atom stereocenters. The van der Waals surface area contributed by atoms with Crippen LogP contribution in [0.15, 0.2) is 0 Å². The standard InChI is InChI=1S/Ir.Na.6H2O.H/h;;6*1H2;/q;+1;;;;;;;-1. The van der Waals surface area contributed by atoms with Crippen LogP contribution in [-0.2, 0) is 20.1 Å². The van der Waals surface area contributed by atoms with Gasteiger partial charge in [0.05, 0.1) is 0 Å². The average Bonchev–Trinajstić information content (AvgIpc) is 0. The Balaban J connectivity index is 0. The molecule has 0 aromatic rings. The molecule has 0 aliphatic rings. The molecule has 8 heteroatoms. The minimum absolute atomic E-state index is 0. The zero-order chi connectivity index (χ0) is 0. The van der Waals surface area contributed by atoms with E-state index in [4.69, 9.17) is 0 Å². The predicted octanol–water partition coefficient (Wildman–Crippen LogP) is -7.83. The van der Waals surface area contributed by atoms with E-state index in [2.05, 4.69) is 0 Å². The first kappa shape index (κ1) is 335. The predicted molar refractivity (Wildman–Crippen MR) is 22.8 cm³/mol. The Bertz CT molecular complexity index is 13.0. The number of hydrogen-bond donors (Lipinski definition) is 0. The van der Waals surface area contributed by atoms with Gasteiger partial charge in [0, 0.05) is 20.1 Å². The average molecular weight is 324 g/mol. The number of rotatable bonds is 0. The molecular weight excluding hydrogens is 311 g/mol. The van der Waals surface area contributed by atoms with Gasteiger partial charge >= 0.3 is 29.6 Å². The van der Waals surface area contributed by atoms with Gasteiger partial charge in [-0.15, -0.1) is 0 Å². The molecule has 0 saturated carbocycles. The van der Waals surface area contributed by atoms with E-state index in [1.165, 1.54) is 0 Å². The van der Waals surface area contributed by atoms with E-state index >= 15 is 0 Å². The maximum atomic E-state index is 0. The Morgan fingerprint density at radius 1 is 0.500 bits per heavy atom. The molecule has 0 amide bonds. The molecule has 0 aromatic heterocycles. The Morgan fingerprint density at radius 3 is 0.500 bits per heavy atom. The van der Waals surface area contributed by atoms with Gasteiger partial charge in [0.2, 0.25) is 0 Å². The third-order valence-electron chi connectivity index (χ3n) is 0. The van der Waals surface area contributed by atoms with Crippen LogP contribution in [0.5, 0.6) is 0 Å². The van der Waals surface area contributed by atoms with Crippen molar-refractivity contribution >= 4 is 0 Å². The van der Waals surface area contributed by atoms with Crippen LogP contribution in [0, 0.1) is 0 Å². The molecule has 0 heterocycles. The summed E-state index contributed by atoms with van der Waals surface area (Å²) in [7, 11) is 0. The molecule has 0 saturated heterocycles. The summed E-state index contributed by atoms with van der Waals surface area (Å²) in [5, 5.41) is 0. The zero-order valence-electron chi connectivity index (χ0n) is 5.33. The summed E-state index contributed by atoms with van der Waals surface area (Å²) in [4.78, 5) is 0. The fourth-order valence-corrected chi connectivity index (χ4v) is 0. The van der Waals surface area contributed by atoms with Crippen molar-refractivity contribution in [1.29, 1.82) is 0 Å². The van der Waals surface area contributed by atoms with Gasteiger partial charge < -0.3 is 34.3 Å². The second-order valence-electron chi connectivity index (χ2n) is 0. The minimum Gasteiger partial charge on any atom is -1.00 e. The molecule has 0 atom stereocenters. The first-order valence-corrected chi connectivity index (χ1v) is 0. The second-order valence-corrected chi connectivity index (χ2v) is 0. The van der Waals surface area contributed by atoms with Gasteiger partial charge in [-0.2, -0.15) is 0 Å². The van der Waals surface area contributed by atoms with Crippen LogP contribution < -0.4 is 29.6 Å². The first-order chi connectivity index (χ1) is 0. The maximum absolute atomic E-state index is 0. The molecule has 0 rings (SSSR count).